The van der Waals surface area contributed by atoms with E-state index in [1.807, 2.05) is 35.7 Å². The first kappa shape index (κ1) is 28.2. The molecule has 212 valence electrons. The first-order valence-electron chi connectivity index (χ1n) is 12.9. The Morgan fingerprint density at radius 2 is 1.71 bits per heavy atom. The largest absolute Gasteiger partial charge is 0.508 e. The quantitative estimate of drug-likeness (QED) is 0.187. The van der Waals surface area contributed by atoms with Crippen LogP contribution in [0.15, 0.2) is 77.7 Å². The molecule has 10 nitrogen and oxygen atoms in total. The summed E-state index contributed by atoms with van der Waals surface area (Å²) < 4.78 is 25.4. The van der Waals surface area contributed by atoms with Gasteiger partial charge < -0.3 is 19.3 Å². The summed E-state index contributed by atoms with van der Waals surface area (Å²) in [7, 11) is 0. The van der Waals surface area contributed by atoms with Gasteiger partial charge in [0.25, 0.3) is 5.91 Å². The molecule has 0 radical (unpaired) electrons. The van der Waals surface area contributed by atoms with Gasteiger partial charge in [0.1, 0.15) is 22.3 Å². The number of amides is 1. The van der Waals surface area contributed by atoms with E-state index < -0.39 is 17.2 Å². The van der Waals surface area contributed by atoms with E-state index in [-0.39, 0.29) is 11.7 Å². The molecule has 5 rings (SSSR count). The van der Waals surface area contributed by atoms with Crippen molar-refractivity contribution in [3.8, 4) is 17.2 Å². The minimum atomic E-state index is -1.75. The summed E-state index contributed by atoms with van der Waals surface area (Å²) in [6.45, 7) is 3.55. The highest BCUT2D eigenvalue weighted by Gasteiger charge is 2.16. The summed E-state index contributed by atoms with van der Waals surface area (Å²) in [6, 6.07) is 20.1. The maximum Gasteiger partial charge on any atom is 0.265 e. The number of carbonyl (C=O) groups is 1. The molecule has 0 bridgehead atoms. The van der Waals surface area contributed by atoms with Gasteiger partial charge in [-0.05, 0) is 92.9 Å². The van der Waals surface area contributed by atoms with E-state index in [0.717, 1.165) is 36.3 Å². The lowest BCUT2D eigenvalue weighted by molar-refractivity contribution is -0.122. The third kappa shape index (κ3) is 6.87. The summed E-state index contributed by atoms with van der Waals surface area (Å²) in [5.74, 6) is 1.45. The van der Waals surface area contributed by atoms with Gasteiger partial charge >= 0.3 is 0 Å². The number of nitrogens with one attached hydrogen (secondary N) is 2. The summed E-state index contributed by atoms with van der Waals surface area (Å²) in [5, 5.41) is 24.3. The topological polar surface area (TPSA) is 131 Å². The average Bonchev–Trinajstić information content (AvgIpc) is 3.49. The number of aromatic amines is 1. The highest BCUT2D eigenvalue weighted by Crippen LogP contribution is 2.23. The minimum absolute atomic E-state index is 0.0932. The van der Waals surface area contributed by atoms with Crippen LogP contribution in [0.25, 0.3) is 5.65 Å². The van der Waals surface area contributed by atoms with Crippen molar-refractivity contribution in [3.05, 3.63) is 94.9 Å². The number of aromatic hydroxyl groups is 1. The Bertz CT molecular complexity index is 1670. The number of anilines is 1. The number of phenolic OH excluding ortho intramolecular Hbond substituents is 1. The zero-order valence-electron chi connectivity index (χ0n) is 22.3. The molecule has 0 aliphatic rings. The molecule has 2 heterocycles. The Kier molecular flexibility index (Phi) is 8.55. The molecule has 0 saturated heterocycles. The van der Waals surface area contributed by atoms with Gasteiger partial charge in [0.05, 0.1) is 10.6 Å². The number of aromatic nitrogens is 4. The average molecular weight is 594 g/mol. The van der Waals surface area contributed by atoms with Crippen molar-refractivity contribution >= 4 is 39.9 Å². The van der Waals surface area contributed by atoms with Crippen LogP contribution in [0.2, 0.25) is 5.02 Å². The highest BCUT2D eigenvalue weighted by molar-refractivity contribution is 7.80. The van der Waals surface area contributed by atoms with E-state index in [9.17, 15) is 14.1 Å². The van der Waals surface area contributed by atoms with Gasteiger partial charge in [0.2, 0.25) is 11.1 Å². The number of carbonyl (C=O) groups excluding carboxylic acids is 1. The van der Waals surface area contributed by atoms with Gasteiger partial charge in [-0.25, -0.2) is 8.72 Å². The lowest BCUT2D eigenvalue weighted by atomic mass is 10.1. The predicted molar refractivity (Wildman–Crippen MR) is 156 cm³/mol. The number of ether oxygens (including phenoxy) is 1. The Balaban J connectivity index is 1.08. The molecule has 5 aromatic rings. The van der Waals surface area contributed by atoms with Crippen LogP contribution in [0.4, 0.5) is 5.69 Å². The van der Waals surface area contributed by atoms with Crippen molar-refractivity contribution in [2.24, 2.45) is 0 Å². The van der Waals surface area contributed by atoms with Crippen molar-refractivity contribution in [3.63, 3.8) is 0 Å². The van der Waals surface area contributed by atoms with Crippen LogP contribution >= 0.6 is 11.6 Å². The molecule has 12 heteroatoms. The molecular formula is C29H28ClN5O5S. The third-order valence-electron chi connectivity index (χ3n) is 6.33. The van der Waals surface area contributed by atoms with Crippen LogP contribution in [-0.2, 0) is 28.7 Å². The van der Waals surface area contributed by atoms with Crippen LogP contribution in [0.5, 0.6) is 17.2 Å². The van der Waals surface area contributed by atoms with Crippen LogP contribution in [0, 0.1) is 6.92 Å². The van der Waals surface area contributed by atoms with Crippen LogP contribution in [0.3, 0.4) is 0 Å². The van der Waals surface area contributed by atoms with Crippen molar-refractivity contribution < 1.29 is 23.0 Å². The Morgan fingerprint density at radius 1 is 1.02 bits per heavy atom. The normalized spacial score (nSPS) is 12.7. The molecule has 0 aliphatic heterocycles. The lowest BCUT2D eigenvalue weighted by Crippen LogP contribution is -2.30. The molecule has 1 amide bonds. The van der Waals surface area contributed by atoms with E-state index in [0.29, 0.717) is 32.8 Å². The molecular weight excluding hydrogens is 566 g/mol. The fourth-order valence-electron chi connectivity index (χ4n) is 4.10. The molecule has 2 unspecified atom stereocenters. The second-order valence-electron chi connectivity index (χ2n) is 9.41. The number of H-pyrrole nitrogens is 1. The highest BCUT2D eigenvalue weighted by atomic mass is 35.5. The molecule has 0 aliphatic carbocycles. The molecule has 3 N–H and O–H groups in total. The fraction of sp³-hybridized carbons (Fsp3) is 0.207. The first-order chi connectivity index (χ1) is 19.8. The maximum absolute atomic E-state index is 12.7. The number of hydrogen-bond acceptors (Lipinski definition) is 7. The number of hydrogen-bond donors (Lipinski definition) is 3. The fourth-order valence-corrected chi connectivity index (χ4v) is 5.00. The number of fused-ring (bicyclic) bond motifs is 1. The van der Waals surface area contributed by atoms with Gasteiger partial charge in [0.15, 0.2) is 17.6 Å². The molecule has 2 atom stereocenters. The molecule has 0 saturated carbocycles. The van der Waals surface area contributed by atoms with Gasteiger partial charge in [-0.3, -0.25) is 9.89 Å². The van der Waals surface area contributed by atoms with E-state index >= 15 is 0 Å². The zero-order valence-corrected chi connectivity index (χ0v) is 23.9. The minimum Gasteiger partial charge on any atom is -0.508 e. The predicted octanol–water partition coefficient (Wildman–Crippen LogP) is 5.41. The van der Waals surface area contributed by atoms with Crippen LogP contribution in [0.1, 0.15) is 30.4 Å². The summed E-state index contributed by atoms with van der Waals surface area (Å²) in [4.78, 5) is 13.1. The number of halogens is 1. The SMILES string of the molecule is Cc1[nH]n2c(CCCc3ccc(NC(=O)C(C)Oc4ccc(S(=O)Oc5ccc(O)cc5)cc4)cc3)nnc2c1Cl. The number of rotatable bonds is 11. The number of phenols is 1. The number of benzene rings is 3. The van der Waals surface area contributed by atoms with E-state index in [4.69, 9.17) is 20.5 Å². The van der Waals surface area contributed by atoms with Gasteiger partial charge in [-0.1, -0.05) is 23.7 Å². The van der Waals surface area contributed by atoms with E-state index in [1.54, 1.807) is 31.2 Å². The maximum atomic E-state index is 12.7. The second kappa shape index (κ2) is 12.4. The molecule has 0 fully saturated rings. The Morgan fingerprint density at radius 3 is 2.41 bits per heavy atom. The molecule has 3 aromatic carbocycles. The summed E-state index contributed by atoms with van der Waals surface area (Å²) >= 11 is 4.48. The Hall–Kier alpha value is -4.35. The number of aryl methyl sites for hydroxylation is 3. The Labute approximate surface area is 243 Å². The second-order valence-corrected chi connectivity index (χ2v) is 10.9. The zero-order chi connectivity index (χ0) is 28.9. The standard InChI is InChI=1S/C29H28ClN5O5S/c1-18-27(30)28-33-32-26(35(28)34-18)5-3-4-20-6-8-21(9-7-20)31-29(37)19(2)39-23-14-16-25(17-15-23)41(38)40-24-12-10-22(36)11-13-24/h6-17,19,34,36H,3-5H2,1-2H3,(H,31,37). The van der Waals surface area contributed by atoms with Gasteiger partial charge in [-0.15, -0.1) is 10.2 Å². The van der Waals surface area contributed by atoms with E-state index in [1.165, 1.54) is 24.3 Å². The van der Waals surface area contributed by atoms with Gasteiger partial charge in [0, 0.05) is 12.1 Å². The molecule has 0 spiro atoms. The van der Waals surface area contributed by atoms with Gasteiger partial charge in [-0.2, -0.15) is 0 Å². The third-order valence-corrected chi connectivity index (χ3v) is 7.78. The lowest BCUT2D eigenvalue weighted by Gasteiger charge is -2.15. The summed E-state index contributed by atoms with van der Waals surface area (Å²) in [5.41, 5.74) is 3.31. The first-order valence-corrected chi connectivity index (χ1v) is 14.4. The van der Waals surface area contributed by atoms with Crippen LogP contribution in [-0.4, -0.2) is 41.1 Å². The number of nitrogens with zero attached hydrogens (tertiary/aromatic N) is 3. The molecule has 41 heavy (non-hydrogen) atoms. The van der Waals surface area contributed by atoms with Crippen LogP contribution < -0.4 is 14.2 Å². The monoisotopic (exact) mass is 593 g/mol. The summed E-state index contributed by atoms with van der Waals surface area (Å²) in [6.07, 6.45) is 1.70. The van der Waals surface area contributed by atoms with E-state index in [2.05, 4.69) is 20.6 Å². The smallest absolute Gasteiger partial charge is 0.265 e. The van der Waals surface area contributed by atoms with Crippen molar-refractivity contribution in [1.29, 1.82) is 0 Å². The van der Waals surface area contributed by atoms with Crippen molar-refractivity contribution in [1.82, 2.24) is 19.8 Å². The molecule has 2 aromatic heterocycles. The van der Waals surface area contributed by atoms with Crippen molar-refractivity contribution in [2.75, 3.05) is 5.32 Å². The van der Waals surface area contributed by atoms with Crippen molar-refractivity contribution in [2.45, 2.75) is 44.1 Å².